The van der Waals surface area contributed by atoms with Gasteiger partial charge in [0.2, 0.25) is 11.8 Å². The Morgan fingerprint density at radius 3 is 1.99 bits per heavy atom. The number of benzene rings is 2. The number of anilines is 3. The second-order valence-corrected chi connectivity index (χ2v) is 20.8. The molecule has 7 heterocycles. The highest BCUT2D eigenvalue weighted by atomic mass is 35.5. The molecule has 0 radical (unpaired) electrons. The van der Waals surface area contributed by atoms with Crippen molar-refractivity contribution in [3.05, 3.63) is 133 Å². The van der Waals surface area contributed by atoms with Gasteiger partial charge in [0.05, 0.1) is 49.3 Å². The van der Waals surface area contributed by atoms with Crippen LogP contribution in [0.5, 0.6) is 0 Å². The number of pyridine rings is 2. The fraction of sp³-hybridized carbons (Fsp3) is 0.375. The van der Waals surface area contributed by atoms with Crippen molar-refractivity contribution in [2.45, 2.75) is 92.3 Å². The number of halogens is 3. The van der Waals surface area contributed by atoms with Crippen LogP contribution >= 0.6 is 23.2 Å². The van der Waals surface area contributed by atoms with Gasteiger partial charge in [-0.05, 0) is 100 Å². The Hall–Kier alpha value is -7.44. The van der Waals surface area contributed by atoms with Crippen molar-refractivity contribution < 1.29 is 14.0 Å². The molecule has 2 amide bonds. The Balaban J connectivity index is 1.05. The van der Waals surface area contributed by atoms with Gasteiger partial charge in [-0.25, -0.2) is 33.1 Å². The predicted molar refractivity (Wildman–Crippen MR) is 300 cm³/mol. The molecule has 17 nitrogen and oxygen atoms in total. The highest BCUT2D eigenvalue weighted by Crippen LogP contribution is 2.38. The highest BCUT2D eigenvalue weighted by molar-refractivity contribution is 6.34. The maximum absolute atomic E-state index is 15.3. The summed E-state index contributed by atoms with van der Waals surface area (Å²) in [6.07, 6.45) is 5.70. The summed E-state index contributed by atoms with van der Waals surface area (Å²) >= 11 is 14.0. The Labute approximate surface area is 450 Å². The molecule has 0 aliphatic carbocycles. The lowest BCUT2D eigenvalue weighted by Crippen LogP contribution is -2.54. The van der Waals surface area contributed by atoms with Crippen molar-refractivity contribution >= 4 is 80.6 Å². The minimum Gasteiger partial charge on any atom is -0.356 e. The second-order valence-electron chi connectivity index (χ2n) is 20.0. The molecule has 2 saturated heterocycles. The number of aryl methyl sites for hydroxylation is 2. The van der Waals surface area contributed by atoms with Gasteiger partial charge in [0.25, 0.3) is 0 Å². The average Bonchev–Trinajstić information content (AvgIpc) is 3.82. The summed E-state index contributed by atoms with van der Waals surface area (Å²) in [6, 6.07) is 14.9. The number of aromatic nitrogens is 8. The first-order valence-electron chi connectivity index (χ1n) is 25.7. The largest absolute Gasteiger partial charge is 0.356 e. The molecule has 2 aliphatic heterocycles. The van der Waals surface area contributed by atoms with Gasteiger partial charge < -0.3 is 24.5 Å². The quantitative estimate of drug-likeness (QED) is 0.109. The number of rotatable bonds is 13. The van der Waals surface area contributed by atoms with Crippen LogP contribution in [0.2, 0.25) is 10.0 Å². The van der Waals surface area contributed by atoms with E-state index >= 15 is 4.39 Å². The molecule has 2 aromatic carbocycles. The number of amides is 2. The van der Waals surface area contributed by atoms with Crippen LogP contribution in [0.4, 0.5) is 21.8 Å². The minimum atomic E-state index is -0.587. The summed E-state index contributed by atoms with van der Waals surface area (Å²) in [5.74, 6) is 0.248. The van der Waals surface area contributed by atoms with E-state index in [2.05, 4.69) is 21.8 Å². The van der Waals surface area contributed by atoms with Crippen LogP contribution in [-0.4, -0.2) is 125 Å². The highest BCUT2D eigenvalue weighted by Gasteiger charge is 2.33. The average molecular weight is 1070 g/mol. The summed E-state index contributed by atoms with van der Waals surface area (Å²) in [7, 11) is 1.90. The number of hydrogen-bond acceptors (Lipinski definition) is 12. The Morgan fingerprint density at radius 2 is 1.41 bits per heavy atom. The third kappa shape index (κ3) is 9.72. The number of hydrogen-bond donors (Lipinski definition) is 1. The van der Waals surface area contributed by atoms with Gasteiger partial charge in [0.1, 0.15) is 23.3 Å². The molecule has 0 saturated carbocycles. The SMILES string of the molecule is C=CC(=O)N1CCN(c2nc(=O)n(-c3cccc(/C=C\C(=O)N4CCN(c5nc(=O)n(-c6c(CC)n[nH]c6CC)c6nc(-c7ccccc7F)c(Cl)cc56)[C@@H](C)C4)c3C(C)C)c3nc(N(C)C(C)C)c(Cl)cc23)[C@@H](C)C1. The number of carbonyl (C=O) groups excluding carboxylic acids is 2. The van der Waals surface area contributed by atoms with Crippen LogP contribution < -0.4 is 26.1 Å². The van der Waals surface area contributed by atoms with Crippen molar-refractivity contribution in [2.24, 2.45) is 0 Å². The normalized spacial score (nSPS) is 16.3. The molecule has 0 bridgehead atoms. The van der Waals surface area contributed by atoms with Gasteiger partial charge in [-0.3, -0.25) is 14.7 Å². The second kappa shape index (κ2) is 21.7. The molecule has 396 valence electrons. The monoisotopic (exact) mass is 1070 g/mol. The van der Waals surface area contributed by atoms with Gasteiger partial charge in [-0.15, -0.1) is 0 Å². The molecular weight excluding hydrogens is 1010 g/mol. The van der Waals surface area contributed by atoms with Crippen LogP contribution in [-0.2, 0) is 22.4 Å². The Morgan fingerprint density at radius 1 is 0.803 bits per heavy atom. The molecule has 5 aromatic heterocycles. The molecule has 2 atom stereocenters. The van der Waals surface area contributed by atoms with E-state index in [4.69, 9.17) is 38.2 Å². The molecule has 9 rings (SSSR count). The number of piperazine rings is 2. The van der Waals surface area contributed by atoms with Crippen LogP contribution in [0, 0.1) is 5.82 Å². The lowest BCUT2D eigenvalue weighted by Gasteiger charge is -2.40. The van der Waals surface area contributed by atoms with E-state index in [0.717, 1.165) is 16.8 Å². The number of carbonyl (C=O) groups is 2. The first kappa shape index (κ1) is 53.4. The van der Waals surface area contributed by atoms with E-state index in [1.54, 1.807) is 46.2 Å². The van der Waals surface area contributed by atoms with Crippen LogP contribution in [0.1, 0.15) is 83.8 Å². The molecule has 2 aliphatic rings. The van der Waals surface area contributed by atoms with E-state index in [0.29, 0.717) is 108 Å². The fourth-order valence-electron chi connectivity index (χ4n) is 10.4. The molecule has 2 fully saturated rings. The van der Waals surface area contributed by atoms with Crippen molar-refractivity contribution in [3.8, 4) is 22.6 Å². The summed E-state index contributed by atoms with van der Waals surface area (Å²) in [5.41, 5.74) is 3.86. The van der Waals surface area contributed by atoms with E-state index in [1.807, 2.05) is 101 Å². The maximum atomic E-state index is 15.3. The zero-order chi connectivity index (χ0) is 54.4. The standard InChI is InChI=1S/C56H62Cl2FN13O4/c1-11-42-49(43(12-2)65-64-42)72-52-37(27-39(57)48(60-52)36-18-14-15-19-41(36)59)50(63-56(72)76)70-26-24-68(30-34(70)9)46(74)22-21-35-17-16-20-44(47(35)31(4)5)71-53-38(28-40(58)54(61-53)66(10)32(6)7)51(62-55(71)75)69-25-23-67(29-33(69)8)45(73)13-3/h13-22,27-28,31-34H,3,11-12,23-26,29-30H2,1-2,4-10H3,(H,64,65)/b22-21-/t33-,34-/m0/s1. The minimum absolute atomic E-state index is 0.0326. The van der Waals surface area contributed by atoms with E-state index in [1.165, 1.54) is 21.3 Å². The van der Waals surface area contributed by atoms with Crippen molar-refractivity contribution in [1.82, 2.24) is 49.1 Å². The third-order valence-corrected chi connectivity index (χ3v) is 15.1. The van der Waals surface area contributed by atoms with E-state index in [9.17, 15) is 19.2 Å². The number of nitrogens with zero attached hydrogens (tertiary/aromatic N) is 12. The molecule has 20 heteroatoms. The predicted octanol–water partition coefficient (Wildman–Crippen LogP) is 8.78. The van der Waals surface area contributed by atoms with Gasteiger partial charge in [-0.2, -0.15) is 15.1 Å². The zero-order valence-corrected chi connectivity index (χ0v) is 45.7. The fourth-order valence-corrected chi connectivity index (χ4v) is 11.0. The molecule has 76 heavy (non-hydrogen) atoms. The number of fused-ring (bicyclic) bond motifs is 2. The van der Waals surface area contributed by atoms with Crippen molar-refractivity contribution in [3.63, 3.8) is 0 Å². The molecule has 0 spiro atoms. The Kier molecular flexibility index (Phi) is 15.2. The summed E-state index contributed by atoms with van der Waals surface area (Å²) in [6.45, 7) is 21.8. The molecule has 0 unspecified atom stereocenters. The van der Waals surface area contributed by atoms with E-state index < -0.39 is 17.2 Å². The number of aromatic amines is 1. The number of nitrogens with one attached hydrogen (secondary N) is 1. The summed E-state index contributed by atoms with van der Waals surface area (Å²) in [4.78, 5) is 84.9. The topological polar surface area (TPSA) is 175 Å². The first-order chi connectivity index (χ1) is 36.4. The smallest absolute Gasteiger partial charge is 0.355 e. The van der Waals surface area contributed by atoms with Crippen molar-refractivity contribution in [1.29, 1.82) is 0 Å². The van der Waals surface area contributed by atoms with Crippen molar-refractivity contribution in [2.75, 3.05) is 61.0 Å². The zero-order valence-electron chi connectivity index (χ0n) is 44.2. The lowest BCUT2D eigenvalue weighted by atomic mass is 9.94. The van der Waals surface area contributed by atoms with Gasteiger partial charge in [0.15, 0.2) is 11.3 Å². The van der Waals surface area contributed by atoms with Gasteiger partial charge in [-0.1, -0.05) is 81.7 Å². The molecule has 1 N–H and O–H groups in total. The van der Waals surface area contributed by atoms with E-state index in [-0.39, 0.29) is 57.8 Å². The van der Waals surface area contributed by atoms with Gasteiger partial charge >= 0.3 is 11.4 Å². The summed E-state index contributed by atoms with van der Waals surface area (Å²) < 4.78 is 18.3. The molecular formula is C56H62Cl2FN13O4. The molecule has 7 aromatic rings. The maximum Gasteiger partial charge on any atom is 0.355 e. The lowest BCUT2D eigenvalue weighted by molar-refractivity contribution is -0.127. The van der Waals surface area contributed by atoms with Crippen LogP contribution in [0.3, 0.4) is 0 Å². The van der Waals surface area contributed by atoms with Crippen LogP contribution in [0.25, 0.3) is 50.8 Å². The Bertz CT molecular complexity index is 3570. The summed E-state index contributed by atoms with van der Waals surface area (Å²) in [5, 5.41) is 9.20. The number of H-pyrrole nitrogens is 1. The van der Waals surface area contributed by atoms with Gasteiger partial charge in [0, 0.05) is 76.1 Å². The third-order valence-electron chi connectivity index (χ3n) is 14.6. The van der Waals surface area contributed by atoms with Crippen LogP contribution in [0.15, 0.2) is 82.9 Å². The first-order valence-corrected chi connectivity index (χ1v) is 26.5.